The van der Waals surface area contributed by atoms with E-state index in [1.807, 2.05) is 0 Å². The van der Waals surface area contributed by atoms with Crippen molar-refractivity contribution in [1.29, 1.82) is 0 Å². The summed E-state index contributed by atoms with van der Waals surface area (Å²) in [7, 11) is 0. The maximum absolute atomic E-state index is 9.94. The first-order valence-electron chi connectivity index (χ1n) is 6.36. The first kappa shape index (κ1) is 13.1. The van der Waals surface area contributed by atoms with Crippen LogP contribution in [0.25, 0.3) is 0 Å². The summed E-state index contributed by atoms with van der Waals surface area (Å²) in [6.45, 7) is 2.16. The number of benzene rings is 1. The highest BCUT2D eigenvalue weighted by atomic mass is 79.9. The van der Waals surface area contributed by atoms with E-state index < -0.39 is 0 Å². The molecule has 1 fully saturated rings. The quantitative estimate of drug-likeness (QED) is 0.896. The molecule has 2 N–H and O–H groups in total. The monoisotopic (exact) mass is 297 g/mol. The van der Waals surface area contributed by atoms with Gasteiger partial charge in [-0.15, -0.1) is 0 Å². The normalized spacial score (nSPS) is 26.8. The van der Waals surface area contributed by atoms with Crippen LogP contribution >= 0.6 is 15.9 Å². The van der Waals surface area contributed by atoms with Gasteiger partial charge in [-0.2, -0.15) is 0 Å². The van der Waals surface area contributed by atoms with Gasteiger partial charge >= 0.3 is 0 Å². The minimum atomic E-state index is -0.179. The number of halogens is 1. The minimum absolute atomic E-state index is 0.179. The van der Waals surface area contributed by atoms with Crippen LogP contribution in [-0.4, -0.2) is 17.3 Å². The predicted octanol–water partition coefficient (Wildman–Crippen LogP) is 3.40. The van der Waals surface area contributed by atoms with E-state index in [0.29, 0.717) is 6.04 Å². The van der Waals surface area contributed by atoms with Crippen LogP contribution in [0.2, 0.25) is 0 Å². The van der Waals surface area contributed by atoms with Gasteiger partial charge in [-0.1, -0.05) is 40.9 Å². The molecule has 3 heteroatoms. The van der Waals surface area contributed by atoms with Gasteiger partial charge in [0.2, 0.25) is 0 Å². The lowest BCUT2D eigenvalue weighted by Crippen LogP contribution is -2.43. The molecule has 0 saturated heterocycles. The Bertz CT molecular complexity index is 352. The summed E-state index contributed by atoms with van der Waals surface area (Å²) >= 11 is 3.44. The van der Waals surface area contributed by atoms with Gasteiger partial charge in [-0.3, -0.25) is 0 Å². The standard InChI is InChI=1S/C14H20BrNO/c1-10(11-6-8-12(15)9-7-11)16-13-4-2-3-5-14(13)17/h6-10,13-14,16-17H,2-5H2,1H3/t10-,13?,14?/m0/s1. The van der Waals surface area contributed by atoms with Crippen molar-refractivity contribution in [3.8, 4) is 0 Å². The van der Waals surface area contributed by atoms with Gasteiger partial charge in [0.05, 0.1) is 6.10 Å². The van der Waals surface area contributed by atoms with Gasteiger partial charge in [0.25, 0.3) is 0 Å². The zero-order valence-electron chi connectivity index (χ0n) is 10.2. The van der Waals surface area contributed by atoms with E-state index in [1.165, 1.54) is 12.0 Å². The summed E-state index contributed by atoms with van der Waals surface area (Å²) in [6, 6.07) is 8.91. The Labute approximate surface area is 112 Å². The number of hydrogen-bond donors (Lipinski definition) is 2. The fourth-order valence-corrected chi connectivity index (χ4v) is 2.74. The average molecular weight is 298 g/mol. The van der Waals surface area contributed by atoms with Crippen LogP contribution in [0.4, 0.5) is 0 Å². The molecule has 1 aliphatic carbocycles. The second-order valence-electron chi connectivity index (χ2n) is 4.90. The Morgan fingerprint density at radius 1 is 1.24 bits per heavy atom. The maximum atomic E-state index is 9.94. The second kappa shape index (κ2) is 5.98. The van der Waals surface area contributed by atoms with Gasteiger partial charge in [0.1, 0.15) is 0 Å². The van der Waals surface area contributed by atoms with E-state index in [2.05, 4.69) is 52.4 Å². The second-order valence-corrected chi connectivity index (χ2v) is 5.81. The molecule has 94 valence electrons. The molecule has 0 amide bonds. The summed E-state index contributed by atoms with van der Waals surface area (Å²) < 4.78 is 1.10. The third-order valence-corrected chi connectivity index (χ3v) is 4.09. The Kier molecular flexibility index (Phi) is 4.60. The molecular formula is C14H20BrNO. The molecule has 1 aromatic rings. The lowest BCUT2D eigenvalue weighted by atomic mass is 9.91. The van der Waals surface area contributed by atoms with Crippen LogP contribution < -0.4 is 5.32 Å². The third kappa shape index (κ3) is 3.54. The zero-order chi connectivity index (χ0) is 12.3. The highest BCUT2D eigenvalue weighted by Crippen LogP contribution is 2.22. The van der Waals surface area contributed by atoms with Gasteiger partial charge in [0.15, 0.2) is 0 Å². The molecule has 0 heterocycles. The fraction of sp³-hybridized carbons (Fsp3) is 0.571. The van der Waals surface area contributed by atoms with Crippen molar-refractivity contribution in [1.82, 2.24) is 5.32 Å². The lowest BCUT2D eigenvalue weighted by Gasteiger charge is -2.31. The first-order valence-corrected chi connectivity index (χ1v) is 7.15. The van der Waals surface area contributed by atoms with Crippen LogP contribution in [0.15, 0.2) is 28.7 Å². The van der Waals surface area contributed by atoms with E-state index in [-0.39, 0.29) is 12.1 Å². The van der Waals surface area contributed by atoms with Crippen molar-refractivity contribution in [2.45, 2.75) is 50.8 Å². The van der Waals surface area contributed by atoms with E-state index in [0.717, 1.165) is 23.7 Å². The van der Waals surface area contributed by atoms with Crippen LogP contribution in [0.1, 0.15) is 44.2 Å². The largest absolute Gasteiger partial charge is 0.392 e. The molecular weight excluding hydrogens is 278 g/mol. The molecule has 2 nitrogen and oxygen atoms in total. The Hall–Kier alpha value is -0.380. The predicted molar refractivity (Wildman–Crippen MR) is 74.0 cm³/mol. The summed E-state index contributed by atoms with van der Waals surface area (Å²) in [4.78, 5) is 0. The number of aliphatic hydroxyl groups is 1. The topological polar surface area (TPSA) is 32.3 Å². The molecule has 17 heavy (non-hydrogen) atoms. The van der Waals surface area contributed by atoms with Gasteiger partial charge in [-0.05, 0) is 37.5 Å². The SMILES string of the molecule is C[C@H](NC1CCCCC1O)c1ccc(Br)cc1. The molecule has 0 spiro atoms. The first-order chi connectivity index (χ1) is 8.16. The van der Waals surface area contributed by atoms with E-state index in [4.69, 9.17) is 0 Å². The average Bonchev–Trinajstić information content (AvgIpc) is 2.33. The van der Waals surface area contributed by atoms with E-state index in [9.17, 15) is 5.11 Å². The van der Waals surface area contributed by atoms with Gasteiger partial charge in [0, 0.05) is 16.6 Å². The van der Waals surface area contributed by atoms with Crippen LogP contribution in [0, 0.1) is 0 Å². The molecule has 1 aromatic carbocycles. The molecule has 0 aromatic heterocycles. The lowest BCUT2D eigenvalue weighted by molar-refractivity contribution is 0.0860. The van der Waals surface area contributed by atoms with E-state index >= 15 is 0 Å². The summed E-state index contributed by atoms with van der Waals surface area (Å²) in [5, 5.41) is 13.5. The minimum Gasteiger partial charge on any atom is -0.392 e. The smallest absolute Gasteiger partial charge is 0.0693 e. The van der Waals surface area contributed by atoms with Gasteiger partial charge in [-0.25, -0.2) is 0 Å². The van der Waals surface area contributed by atoms with Crippen LogP contribution in [0.3, 0.4) is 0 Å². The molecule has 2 rings (SSSR count). The van der Waals surface area contributed by atoms with Crippen molar-refractivity contribution in [3.63, 3.8) is 0 Å². The van der Waals surface area contributed by atoms with Gasteiger partial charge < -0.3 is 10.4 Å². The molecule has 1 aliphatic rings. The number of nitrogens with one attached hydrogen (secondary N) is 1. The van der Waals surface area contributed by atoms with Crippen molar-refractivity contribution in [3.05, 3.63) is 34.3 Å². The molecule has 2 unspecified atom stereocenters. The summed E-state index contributed by atoms with van der Waals surface area (Å²) in [5.74, 6) is 0. The Morgan fingerprint density at radius 3 is 2.53 bits per heavy atom. The van der Waals surface area contributed by atoms with Crippen molar-refractivity contribution >= 4 is 15.9 Å². The summed E-state index contributed by atoms with van der Waals surface area (Å²) in [5.41, 5.74) is 1.27. The number of aliphatic hydroxyl groups excluding tert-OH is 1. The molecule has 0 radical (unpaired) electrons. The van der Waals surface area contributed by atoms with Crippen molar-refractivity contribution < 1.29 is 5.11 Å². The third-order valence-electron chi connectivity index (χ3n) is 3.56. The number of hydrogen-bond acceptors (Lipinski definition) is 2. The van der Waals surface area contributed by atoms with Crippen molar-refractivity contribution in [2.24, 2.45) is 0 Å². The highest BCUT2D eigenvalue weighted by Gasteiger charge is 2.24. The van der Waals surface area contributed by atoms with Crippen LogP contribution in [0.5, 0.6) is 0 Å². The molecule has 1 saturated carbocycles. The van der Waals surface area contributed by atoms with Crippen molar-refractivity contribution in [2.75, 3.05) is 0 Å². The fourth-order valence-electron chi connectivity index (χ4n) is 2.47. The van der Waals surface area contributed by atoms with E-state index in [1.54, 1.807) is 0 Å². The van der Waals surface area contributed by atoms with Crippen LogP contribution in [-0.2, 0) is 0 Å². The summed E-state index contributed by atoms with van der Waals surface area (Å²) in [6.07, 6.45) is 4.22. The zero-order valence-corrected chi connectivity index (χ0v) is 11.8. The molecule has 3 atom stereocenters. The number of rotatable bonds is 3. The maximum Gasteiger partial charge on any atom is 0.0693 e. The highest BCUT2D eigenvalue weighted by molar-refractivity contribution is 9.10. The Morgan fingerprint density at radius 2 is 1.88 bits per heavy atom. The Balaban J connectivity index is 1.95. The molecule has 0 bridgehead atoms. The molecule has 0 aliphatic heterocycles.